The van der Waals surface area contributed by atoms with Crippen LogP contribution in [-0.4, -0.2) is 66.3 Å². The standard InChI is InChI=1S/C20H32O6/c1-9-10-5-6-11-14(22)19(10,8-18(11,4)25)15(23)16(24)20(26)12(9)7-13(21)17(20,2)3/h10-16,21-26H,1,5-8H2,2-4H3. The third-order valence-electron chi connectivity index (χ3n) is 8.86. The first-order valence-corrected chi connectivity index (χ1v) is 9.69. The summed E-state index contributed by atoms with van der Waals surface area (Å²) in [7, 11) is 0. The number of aliphatic hydroxyl groups excluding tert-OH is 4. The Morgan fingerprint density at radius 1 is 0.885 bits per heavy atom. The van der Waals surface area contributed by atoms with Gasteiger partial charge in [-0.2, -0.15) is 0 Å². The molecule has 0 aromatic heterocycles. The van der Waals surface area contributed by atoms with Gasteiger partial charge >= 0.3 is 0 Å². The van der Waals surface area contributed by atoms with Gasteiger partial charge in [0.2, 0.25) is 0 Å². The summed E-state index contributed by atoms with van der Waals surface area (Å²) in [5.41, 5.74) is -4.41. The zero-order valence-electron chi connectivity index (χ0n) is 15.8. The van der Waals surface area contributed by atoms with Gasteiger partial charge in [0.05, 0.1) is 23.9 Å². The summed E-state index contributed by atoms with van der Waals surface area (Å²) in [5, 5.41) is 66.6. The summed E-state index contributed by atoms with van der Waals surface area (Å²) in [6.45, 7) is 9.28. The maximum atomic E-state index is 11.6. The monoisotopic (exact) mass is 368 g/mol. The molecule has 6 nitrogen and oxygen atoms in total. The largest absolute Gasteiger partial charge is 0.392 e. The van der Waals surface area contributed by atoms with Crippen LogP contribution in [0.1, 0.15) is 46.5 Å². The maximum absolute atomic E-state index is 11.6. The van der Waals surface area contributed by atoms with Gasteiger partial charge in [-0.3, -0.25) is 0 Å². The molecule has 0 saturated heterocycles. The number of fused-ring (bicyclic) bond motifs is 2. The second-order valence-electron chi connectivity index (χ2n) is 10.1. The van der Waals surface area contributed by atoms with E-state index in [-0.39, 0.29) is 24.7 Å². The van der Waals surface area contributed by atoms with Crippen LogP contribution in [0.15, 0.2) is 12.2 Å². The highest BCUT2D eigenvalue weighted by atomic mass is 16.4. The molecule has 6 N–H and O–H groups in total. The van der Waals surface area contributed by atoms with Crippen LogP contribution in [0.4, 0.5) is 0 Å². The van der Waals surface area contributed by atoms with Gasteiger partial charge in [-0.1, -0.05) is 26.0 Å². The van der Waals surface area contributed by atoms with Crippen LogP contribution in [0.2, 0.25) is 0 Å². The normalized spacial score (nSPS) is 61.1. The van der Waals surface area contributed by atoms with E-state index in [2.05, 4.69) is 6.58 Å². The molecule has 148 valence electrons. The van der Waals surface area contributed by atoms with Gasteiger partial charge in [-0.25, -0.2) is 0 Å². The summed E-state index contributed by atoms with van der Waals surface area (Å²) in [5.74, 6) is -1.28. The topological polar surface area (TPSA) is 121 Å². The predicted molar refractivity (Wildman–Crippen MR) is 93.9 cm³/mol. The van der Waals surface area contributed by atoms with Crippen molar-refractivity contribution in [3.63, 3.8) is 0 Å². The molecule has 4 fully saturated rings. The highest BCUT2D eigenvalue weighted by molar-refractivity contribution is 5.33. The van der Waals surface area contributed by atoms with Gasteiger partial charge in [0.15, 0.2) is 0 Å². The van der Waals surface area contributed by atoms with Crippen molar-refractivity contribution in [2.24, 2.45) is 28.6 Å². The first-order valence-electron chi connectivity index (χ1n) is 9.69. The van der Waals surface area contributed by atoms with Crippen LogP contribution in [0, 0.1) is 28.6 Å². The minimum Gasteiger partial charge on any atom is -0.392 e. The summed E-state index contributed by atoms with van der Waals surface area (Å²) in [6, 6.07) is 0. The van der Waals surface area contributed by atoms with Gasteiger partial charge in [0.1, 0.15) is 11.7 Å². The quantitative estimate of drug-likeness (QED) is 0.333. The van der Waals surface area contributed by atoms with E-state index in [9.17, 15) is 30.6 Å². The Balaban J connectivity index is 1.91. The van der Waals surface area contributed by atoms with E-state index in [1.54, 1.807) is 20.8 Å². The Morgan fingerprint density at radius 2 is 1.50 bits per heavy atom. The third kappa shape index (κ3) is 1.79. The first-order chi connectivity index (χ1) is 11.8. The van der Waals surface area contributed by atoms with E-state index >= 15 is 0 Å². The molecule has 26 heavy (non-hydrogen) atoms. The number of rotatable bonds is 0. The fourth-order valence-corrected chi connectivity index (χ4v) is 7.21. The summed E-state index contributed by atoms with van der Waals surface area (Å²) in [4.78, 5) is 0. The van der Waals surface area contributed by atoms with E-state index in [0.717, 1.165) is 0 Å². The van der Waals surface area contributed by atoms with Crippen molar-refractivity contribution in [3.8, 4) is 0 Å². The van der Waals surface area contributed by atoms with Crippen LogP contribution in [0.25, 0.3) is 0 Å². The number of aliphatic hydroxyl groups is 6. The van der Waals surface area contributed by atoms with Crippen molar-refractivity contribution in [1.82, 2.24) is 0 Å². The Morgan fingerprint density at radius 3 is 2.12 bits per heavy atom. The Bertz CT molecular complexity index is 644. The van der Waals surface area contributed by atoms with Crippen molar-refractivity contribution >= 4 is 0 Å². The van der Waals surface area contributed by atoms with Gasteiger partial charge in [-0.05, 0) is 38.5 Å². The Labute approximate surface area is 154 Å². The van der Waals surface area contributed by atoms with E-state index in [0.29, 0.717) is 18.4 Å². The predicted octanol–water partition coefficient (Wildman–Crippen LogP) is -0.0557. The van der Waals surface area contributed by atoms with E-state index in [4.69, 9.17) is 0 Å². The summed E-state index contributed by atoms with van der Waals surface area (Å²) >= 11 is 0. The molecule has 4 aliphatic carbocycles. The van der Waals surface area contributed by atoms with Gasteiger partial charge in [-0.15, -0.1) is 0 Å². The molecule has 0 aliphatic heterocycles. The molecule has 0 aromatic rings. The van der Waals surface area contributed by atoms with Crippen molar-refractivity contribution in [2.45, 2.75) is 82.1 Å². The molecule has 2 bridgehead atoms. The summed E-state index contributed by atoms with van der Waals surface area (Å²) in [6.07, 6.45) is -3.15. The fraction of sp³-hybridized carbons (Fsp3) is 0.900. The van der Waals surface area contributed by atoms with Crippen LogP contribution in [0.5, 0.6) is 0 Å². The van der Waals surface area contributed by atoms with E-state index in [1.165, 1.54) is 0 Å². The molecule has 0 radical (unpaired) electrons. The third-order valence-corrected chi connectivity index (χ3v) is 8.86. The molecule has 10 atom stereocenters. The van der Waals surface area contributed by atoms with Gasteiger partial charge in [0, 0.05) is 22.7 Å². The summed E-state index contributed by atoms with van der Waals surface area (Å²) < 4.78 is 0. The Kier molecular flexibility index (Phi) is 3.70. The molecular formula is C20H32O6. The second kappa shape index (κ2) is 5.10. The minimum atomic E-state index is -1.75. The zero-order valence-corrected chi connectivity index (χ0v) is 15.8. The van der Waals surface area contributed by atoms with Gasteiger partial charge < -0.3 is 30.6 Å². The highest BCUT2D eigenvalue weighted by Crippen LogP contribution is 2.68. The van der Waals surface area contributed by atoms with Crippen molar-refractivity contribution < 1.29 is 30.6 Å². The minimum absolute atomic E-state index is 0.152. The lowest BCUT2D eigenvalue weighted by atomic mass is 9.60. The molecule has 4 saturated carbocycles. The lowest BCUT2D eigenvalue weighted by Crippen LogP contribution is -2.63. The first kappa shape index (κ1) is 18.8. The van der Waals surface area contributed by atoms with E-state index < -0.39 is 52.4 Å². The van der Waals surface area contributed by atoms with Crippen LogP contribution >= 0.6 is 0 Å². The van der Waals surface area contributed by atoms with Crippen LogP contribution in [-0.2, 0) is 0 Å². The lowest BCUT2D eigenvalue weighted by molar-refractivity contribution is -0.219. The van der Waals surface area contributed by atoms with Crippen LogP contribution < -0.4 is 0 Å². The second-order valence-corrected chi connectivity index (χ2v) is 10.1. The smallest absolute Gasteiger partial charge is 0.110 e. The van der Waals surface area contributed by atoms with Gasteiger partial charge in [0.25, 0.3) is 0 Å². The average Bonchev–Trinajstić information content (AvgIpc) is 2.78. The zero-order chi connectivity index (χ0) is 19.4. The maximum Gasteiger partial charge on any atom is 0.110 e. The molecule has 0 aromatic carbocycles. The SMILES string of the molecule is C=C1C2CCC3C(O)C2(CC3(C)O)C(O)C(O)C2(O)C1CC(O)C2(C)C. The highest BCUT2D eigenvalue weighted by Gasteiger charge is 2.75. The van der Waals surface area contributed by atoms with Crippen molar-refractivity contribution in [2.75, 3.05) is 0 Å². The van der Waals surface area contributed by atoms with Crippen molar-refractivity contribution in [1.29, 1.82) is 0 Å². The molecule has 0 amide bonds. The molecule has 6 heteroatoms. The lowest BCUT2D eigenvalue weighted by Gasteiger charge is -2.49. The van der Waals surface area contributed by atoms with E-state index in [1.807, 2.05) is 0 Å². The molecule has 4 aliphatic rings. The molecule has 0 heterocycles. The molecular weight excluding hydrogens is 336 g/mol. The Hall–Kier alpha value is -0.500. The molecule has 10 unspecified atom stereocenters. The average molecular weight is 368 g/mol. The number of hydrogen-bond donors (Lipinski definition) is 6. The molecule has 4 rings (SSSR count). The number of hydrogen-bond acceptors (Lipinski definition) is 6. The molecule has 1 spiro atoms. The van der Waals surface area contributed by atoms with Crippen LogP contribution in [0.3, 0.4) is 0 Å². The van der Waals surface area contributed by atoms with Crippen molar-refractivity contribution in [3.05, 3.63) is 12.2 Å². The fourth-order valence-electron chi connectivity index (χ4n) is 7.21.